The molecule has 0 saturated heterocycles. The zero-order valence-corrected chi connectivity index (χ0v) is 11.2. The molecule has 4 aliphatic carbocycles. The van der Waals surface area contributed by atoms with Crippen molar-refractivity contribution < 1.29 is 0 Å². The van der Waals surface area contributed by atoms with E-state index in [9.17, 15) is 0 Å². The van der Waals surface area contributed by atoms with Gasteiger partial charge in [0, 0.05) is 5.69 Å². The fraction of sp³-hybridized carbons (Fsp3) is 0.625. The summed E-state index contributed by atoms with van der Waals surface area (Å²) >= 11 is 0. The first-order valence-electron chi connectivity index (χ1n) is 7.54. The lowest BCUT2D eigenvalue weighted by molar-refractivity contribution is -0.000939. The van der Waals surface area contributed by atoms with Gasteiger partial charge >= 0.3 is 0 Å². The van der Waals surface area contributed by atoms with Gasteiger partial charge in [-0.2, -0.15) is 10.2 Å². The van der Waals surface area contributed by atoms with Gasteiger partial charge in [-0.3, -0.25) is 0 Å². The summed E-state index contributed by atoms with van der Waals surface area (Å²) in [4.78, 5) is 0. The van der Waals surface area contributed by atoms with Gasteiger partial charge in [0.25, 0.3) is 0 Å². The van der Waals surface area contributed by atoms with Crippen molar-refractivity contribution in [3.8, 4) is 0 Å². The Morgan fingerprint density at radius 3 is 2.26 bits per heavy atom. The fourth-order valence-corrected chi connectivity index (χ4v) is 4.81. The van der Waals surface area contributed by atoms with Gasteiger partial charge in [0.2, 0.25) is 0 Å². The van der Waals surface area contributed by atoms with E-state index in [1.165, 1.54) is 32.1 Å². The highest BCUT2D eigenvalue weighted by atomic mass is 15.1. The number of hydrogen-bond donors (Lipinski definition) is 1. The Bertz CT molecular complexity index is 480. The average Bonchev–Trinajstić information content (AvgIpc) is 2.37. The summed E-state index contributed by atoms with van der Waals surface area (Å²) < 4.78 is 0. The average molecular weight is 255 g/mol. The molecule has 3 nitrogen and oxygen atoms in total. The van der Waals surface area contributed by atoms with E-state index in [4.69, 9.17) is 10.8 Å². The number of nitrogen functional groups attached to an aromatic ring is 1. The van der Waals surface area contributed by atoms with Crippen LogP contribution in [-0.2, 0) is 0 Å². The normalized spacial score (nSPS) is 40.1. The number of benzene rings is 1. The third-order valence-corrected chi connectivity index (χ3v) is 5.35. The van der Waals surface area contributed by atoms with Gasteiger partial charge < -0.3 is 5.73 Å². The van der Waals surface area contributed by atoms with Crippen molar-refractivity contribution in [2.45, 2.75) is 38.1 Å². The lowest BCUT2D eigenvalue weighted by Crippen LogP contribution is -2.47. The minimum Gasteiger partial charge on any atom is -0.399 e. The topological polar surface area (TPSA) is 50.7 Å². The Morgan fingerprint density at radius 2 is 1.63 bits per heavy atom. The van der Waals surface area contributed by atoms with E-state index in [0.717, 1.165) is 35.0 Å². The second-order valence-corrected chi connectivity index (χ2v) is 6.73. The van der Waals surface area contributed by atoms with Gasteiger partial charge in [-0.15, -0.1) is 0 Å². The van der Waals surface area contributed by atoms with E-state index in [1.54, 1.807) is 0 Å². The van der Waals surface area contributed by atoms with Crippen LogP contribution in [0.15, 0.2) is 34.5 Å². The molecule has 5 rings (SSSR count). The fourth-order valence-electron chi connectivity index (χ4n) is 4.81. The molecule has 0 atom stereocenters. The van der Waals surface area contributed by atoms with Crippen molar-refractivity contribution in [1.82, 2.24) is 0 Å². The molecule has 4 saturated carbocycles. The highest BCUT2D eigenvalue weighted by Crippen LogP contribution is 2.54. The first kappa shape index (κ1) is 11.4. The van der Waals surface area contributed by atoms with Crippen LogP contribution in [0.25, 0.3) is 0 Å². The lowest BCUT2D eigenvalue weighted by Gasteiger charge is -2.52. The monoisotopic (exact) mass is 255 g/mol. The number of nitrogens with two attached hydrogens (primary N) is 1. The Labute approximate surface area is 114 Å². The minimum absolute atomic E-state index is 0.481. The summed E-state index contributed by atoms with van der Waals surface area (Å²) in [6.07, 6.45) is 7.08. The van der Waals surface area contributed by atoms with Crippen LogP contribution in [0.5, 0.6) is 0 Å². The molecule has 0 spiro atoms. The molecule has 4 aliphatic rings. The highest BCUT2D eigenvalue weighted by Gasteiger charge is 2.48. The van der Waals surface area contributed by atoms with Crippen LogP contribution in [0, 0.1) is 23.7 Å². The van der Waals surface area contributed by atoms with Crippen molar-refractivity contribution in [3.05, 3.63) is 24.3 Å². The summed E-state index contributed by atoms with van der Waals surface area (Å²) in [6, 6.07) is 8.20. The quantitative estimate of drug-likeness (QED) is 0.625. The standard InChI is InChI=1S/C16H21N3/c17-14-2-1-3-15(9-14)18-19-16-12-5-10-4-11(7-12)8-13(16)6-10/h1-3,9-13,16H,4-8,17H2. The van der Waals surface area contributed by atoms with Gasteiger partial charge in [0.05, 0.1) is 11.7 Å². The molecule has 0 radical (unpaired) electrons. The maximum absolute atomic E-state index is 5.78. The van der Waals surface area contributed by atoms with Gasteiger partial charge in [0.15, 0.2) is 0 Å². The Morgan fingerprint density at radius 1 is 0.947 bits per heavy atom. The molecule has 1 aromatic carbocycles. The Balaban J connectivity index is 1.54. The zero-order valence-electron chi connectivity index (χ0n) is 11.2. The molecule has 2 N–H and O–H groups in total. The van der Waals surface area contributed by atoms with Crippen molar-refractivity contribution >= 4 is 11.4 Å². The first-order valence-corrected chi connectivity index (χ1v) is 7.54. The molecule has 0 aromatic heterocycles. The summed E-state index contributed by atoms with van der Waals surface area (Å²) in [5.41, 5.74) is 7.44. The largest absolute Gasteiger partial charge is 0.399 e. The predicted molar refractivity (Wildman–Crippen MR) is 76.2 cm³/mol. The Kier molecular flexibility index (Phi) is 2.61. The molecule has 4 fully saturated rings. The third-order valence-electron chi connectivity index (χ3n) is 5.35. The van der Waals surface area contributed by atoms with E-state index >= 15 is 0 Å². The van der Waals surface area contributed by atoms with Crippen molar-refractivity contribution in [2.24, 2.45) is 33.9 Å². The number of anilines is 1. The van der Waals surface area contributed by atoms with Crippen LogP contribution < -0.4 is 5.73 Å². The summed E-state index contributed by atoms with van der Waals surface area (Å²) in [5.74, 6) is 3.62. The molecule has 1 aromatic rings. The maximum Gasteiger partial charge on any atom is 0.0873 e. The van der Waals surface area contributed by atoms with Gasteiger partial charge in [-0.25, -0.2) is 0 Å². The second kappa shape index (κ2) is 4.32. The molecular weight excluding hydrogens is 234 g/mol. The maximum atomic E-state index is 5.78. The van der Waals surface area contributed by atoms with E-state index in [-0.39, 0.29) is 0 Å². The minimum atomic E-state index is 0.481. The first-order chi connectivity index (χ1) is 9.28. The van der Waals surface area contributed by atoms with Crippen molar-refractivity contribution in [3.63, 3.8) is 0 Å². The molecule has 3 heteroatoms. The van der Waals surface area contributed by atoms with Gasteiger partial charge in [-0.1, -0.05) is 6.07 Å². The molecule has 0 amide bonds. The SMILES string of the molecule is Nc1cccc(N=NC2C3CC4CC(C3)CC2C4)c1. The molecule has 100 valence electrons. The summed E-state index contributed by atoms with van der Waals surface area (Å²) in [7, 11) is 0. The van der Waals surface area contributed by atoms with Crippen LogP contribution in [0.1, 0.15) is 32.1 Å². The molecule has 0 aliphatic heterocycles. The number of nitrogens with zero attached hydrogens (tertiary/aromatic N) is 2. The number of rotatable bonds is 2. The van der Waals surface area contributed by atoms with Crippen LogP contribution in [-0.4, -0.2) is 6.04 Å². The van der Waals surface area contributed by atoms with E-state index in [1.807, 2.05) is 24.3 Å². The third kappa shape index (κ3) is 2.05. The van der Waals surface area contributed by atoms with E-state index < -0.39 is 0 Å². The molecule has 0 unspecified atom stereocenters. The van der Waals surface area contributed by atoms with Crippen LogP contribution in [0.4, 0.5) is 11.4 Å². The van der Waals surface area contributed by atoms with Gasteiger partial charge in [0.1, 0.15) is 0 Å². The highest BCUT2D eigenvalue weighted by molar-refractivity contribution is 5.50. The van der Waals surface area contributed by atoms with Crippen molar-refractivity contribution in [2.75, 3.05) is 5.73 Å². The lowest BCUT2D eigenvalue weighted by atomic mass is 9.54. The van der Waals surface area contributed by atoms with Crippen LogP contribution in [0.3, 0.4) is 0 Å². The number of azo groups is 1. The Hall–Kier alpha value is -1.38. The summed E-state index contributed by atoms with van der Waals surface area (Å²) in [6.45, 7) is 0. The van der Waals surface area contributed by atoms with Crippen molar-refractivity contribution in [1.29, 1.82) is 0 Å². The molecular formula is C16H21N3. The molecule has 0 heterocycles. The van der Waals surface area contributed by atoms with E-state index in [0.29, 0.717) is 6.04 Å². The number of hydrogen-bond acceptors (Lipinski definition) is 3. The summed E-state index contributed by atoms with van der Waals surface area (Å²) in [5, 5.41) is 9.16. The van der Waals surface area contributed by atoms with Crippen LogP contribution >= 0.6 is 0 Å². The molecule has 19 heavy (non-hydrogen) atoms. The zero-order chi connectivity index (χ0) is 12.8. The smallest absolute Gasteiger partial charge is 0.0873 e. The predicted octanol–water partition coefficient (Wildman–Crippen LogP) is 4.18. The van der Waals surface area contributed by atoms with Gasteiger partial charge in [-0.05, 0) is 74.0 Å². The molecule has 4 bridgehead atoms. The van der Waals surface area contributed by atoms with Crippen LogP contribution in [0.2, 0.25) is 0 Å². The van der Waals surface area contributed by atoms with E-state index in [2.05, 4.69) is 5.11 Å². The second-order valence-electron chi connectivity index (χ2n) is 6.73.